The summed E-state index contributed by atoms with van der Waals surface area (Å²) in [5, 5.41) is 9.08. The second-order valence-electron chi connectivity index (χ2n) is 5.25. The lowest BCUT2D eigenvalue weighted by Gasteiger charge is -2.20. The maximum Gasteiger partial charge on any atom is 0.358 e. The van der Waals surface area contributed by atoms with Crippen molar-refractivity contribution < 1.29 is 9.90 Å². The highest BCUT2D eigenvalue weighted by Crippen LogP contribution is 2.28. The normalized spacial score (nSPS) is 15.6. The number of aromatic carboxylic acids is 1. The number of anilines is 1. The fourth-order valence-electron chi connectivity index (χ4n) is 2.78. The average molecular weight is 263 g/mol. The first-order chi connectivity index (χ1) is 9.18. The standard InChI is InChI=1S/C14H21N3O2/c1-17(10-4-7-11-5-2-3-6-11)13-12(14(18)19)15-8-9-16-13/h8-9,11H,2-7,10H2,1H3,(H,18,19). The van der Waals surface area contributed by atoms with Crippen molar-refractivity contribution >= 4 is 11.8 Å². The Labute approximate surface area is 113 Å². The van der Waals surface area contributed by atoms with Crippen LogP contribution in [-0.2, 0) is 0 Å². The molecule has 0 aliphatic heterocycles. The first-order valence-electron chi connectivity index (χ1n) is 6.94. The highest BCUT2D eigenvalue weighted by atomic mass is 16.4. The maximum absolute atomic E-state index is 11.1. The van der Waals surface area contributed by atoms with Crippen LogP contribution in [0.25, 0.3) is 0 Å². The van der Waals surface area contributed by atoms with Crippen molar-refractivity contribution in [2.45, 2.75) is 38.5 Å². The molecule has 0 aromatic carbocycles. The lowest BCUT2D eigenvalue weighted by atomic mass is 10.0. The van der Waals surface area contributed by atoms with Gasteiger partial charge >= 0.3 is 5.97 Å². The zero-order chi connectivity index (χ0) is 13.7. The van der Waals surface area contributed by atoms with Crippen LogP contribution in [0, 0.1) is 5.92 Å². The summed E-state index contributed by atoms with van der Waals surface area (Å²) in [6.45, 7) is 0.829. The van der Waals surface area contributed by atoms with Gasteiger partial charge < -0.3 is 10.0 Å². The molecule has 1 heterocycles. The van der Waals surface area contributed by atoms with Gasteiger partial charge in [0.2, 0.25) is 0 Å². The number of rotatable bonds is 6. The van der Waals surface area contributed by atoms with Crippen LogP contribution in [0.15, 0.2) is 12.4 Å². The molecule has 1 aliphatic carbocycles. The van der Waals surface area contributed by atoms with E-state index >= 15 is 0 Å². The molecule has 0 saturated heterocycles. The van der Waals surface area contributed by atoms with Crippen LogP contribution in [0.2, 0.25) is 0 Å². The molecule has 5 nitrogen and oxygen atoms in total. The largest absolute Gasteiger partial charge is 0.476 e. The van der Waals surface area contributed by atoms with Crippen LogP contribution in [0.3, 0.4) is 0 Å². The molecule has 0 atom stereocenters. The zero-order valence-electron chi connectivity index (χ0n) is 11.4. The third-order valence-electron chi connectivity index (χ3n) is 3.82. The molecule has 1 aromatic rings. The van der Waals surface area contributed by atoms with Crippen LogP contribution in [0.4, 0.5) is 5.82 Å². The number of carboxylic acids is 1. The van der Waals surface area contributed by atoms with Gasteiger partial charge in [-0.3, -0.25) is 0 Å². The van der Waals surface area contributed by atoms with Crippen LogP contribution < -0.4 is 4.90 Å². The fourth-order valence-corrected chi connectivity index (χ4v) is 2.78. The second kappa shape index (κ2) is 6.50. The minimum absolute atomic E-state index is 0.0332. The van der Waals surface area contributed by atoms with E-state index in [1.165, 1.54) is 44.5 Å². The van der Waals surface area contributed by atoms with Gasteiger partial charge in [0, 0.05) is 26.0 Å². The summed E-state index contributed by atoms with van der Waals surface area (Å²) >= 11 is 0. The van der Waals surface area contributed by atoms with Crippen LogP contribution >= 0.6 is 0 Å². The van der Waals surface area contributed by atoms with E-state index < -0.39 is 5.97 Å². The molecular weight excluding hydrogens is 242 g/mol. The van der Waals surface area contributed by atoms with Crippen LogP contribution in [0.1, 0.15) is 49.0 Å². The average Bonchev–Trinajstić information content (AvgIpc) is 2.91. The summed E-state index contributed by atoms with van der Waals surface area (Å²) in [7, 11) is 1.88. The van der Waals surface area contributed by atoms with E-state index in [1.807, 2.05) is 11.9 Å². The van der Waals surface area contributed by atoms with Gasteiger partial charge in [-0.2, -0.15) is 0 Å². The summed E-state index contributed by atoms with van der Waals surface area (Å²) in [5.74, 6) is 0.307. The molecule has 0 radical (unpaired) electrons. The Hall–Kier alpha value is -1.65. The van der Waals surface area contributed by atoms with Gasteiger partial charge in [-0.1, -0.05) is 25.7 Å². The van der Waals surface area contributed by atoms with Gasteiger partial charge in [-0.05, 0) is 18.8 Å². The van der Waals surface area contributed by atoms with Gasteiger partial charge in [-0.25, -0.2) is 14.8 Å². The Bertz CT molecular complexity index is 430. The van der Waals surface area contributed by atoms with Crippen molar-refractivity contribution in [3.05, 3.63) is 18.1 Å². The predicted molar refractivity (Wildman–Crippen MR) is 73.5 cm³/mol. The van der Waals surface area contributed by atoms with Gasteiger partial charge in [0.1, 0.15) is 0 Å². The fraction of sp³-hybridized carbons (Fsp3) is 0.643. The van der Waals surface area contributed by atoms with E-state index in [9.17, 15) is 4.79 Å². The smallest absolute Gasteiger partial charge is 0.358 e. The molecule has 0 unspecified atom stereocenters. The van der Waals surface area contributed by atoms with E-state index in [0.717, 1.165) is 18.9 Å². The van der Waals surface area contributed by atoms with Crippen molar-refractivity contribution in [1.29, 1.82) is 0 Å². The van der Waals surface area contributed by atoms with Crippen molar-refractivity contribution in [1.82, 2.24) is 9.97 Å². The molecule has 1 saturated carbocycles. The first-order valence-corrected chi connectivity index (χ1v) is 6.94. The van der Waals surface area contributed by atoms with Crippen LogP contribution in [0.5, 0.6) is 0 Å². The lowest BCUT2D eigenvalue weighted by molar-refractivity contribution is 0.0690. The van der Waals surface area contributed by atoms with Gasteiger partial charge in [0.25, 0.3) is 0 Å². The molecule has 1 N–H and O–H groups in total. The quantitative estimate of drug-likeness (QED) is 0.854. The number of hydrogen-bond donors (Lipinski definition) is 1. The molecule has 1 aromatic heterocycles. The number of nitrogens with zero attached hydrogens (tertiary/aromatic N) is 3. The predicted octanol–water partition coefficient (Wildman–Crippen LogP) is 2.58. The van der Waals surface area contributed by atoms with E-state index in [4.69, 9.17) is 5.11 Å². The second-order valence-corrected chi connectivity index (χ2v) is 5.25. The number of carboxylic acid groups (broad SMARTS) is 1. The van der Waals surface area contributed by atoms with Crippen molar-refractivity contribution in [3.63, 3.8) is 0 Å². The highest BCUT2D eigenvalue weighted by molar-refractivity contribution is 5.90. The summed E-state index contributed by atoms with van der Waals surface area (Å²) in [6.07, 6.45) is 10.7. The minimum atomic E-state index is -1.02. The molecule has 5 heteroatoms. The van der Waals surface area contributed by atoms with Crippen LogP contribution in [-0.4, -0.2) is 34.6 Å². The number of carbonyl (C=O) groups is 1. The van der Waals surface area contributed by atoms with E-state index in [2.05, 4.69) is 9.97 Å². The topological polar surface area (TPSA) is 66.3 Å². The van der Waals surface area contributed by atoms with Crippen molar-refractivity contribution in [2.75, 3.05) is 18.5 Å². The Morgan fingerprint density at radius 1 is 1.37 bits per heavy atom. The van der Waals surface area contributed by atoms with Gasteiger partial charge in [0.05, 0.1) is 0 Å². The molecular formula is C14H21N3O2. The van der Waals surface area contributed by atoms with E-state index in [0.29, 0.717) is 5.82 Å². The summed E-state index contributed by atoms with van der Waals surface area (Å²) in [5.41, 5.74) is 0.0332. The van der Waals surface area contributed by atoms with E-state index in [1.54, 1.807) is 0 Å². The highest BCUT2D eigenvalue weighted by Gasteiger charge is 2.17. The Kier molecular flexibility index (Phi) is 4.71. The molecule has 0 amide bonds. The Morgan fingerprint density at radius 2 is 2.05 bits per heavy atom. The summed E-state index contributed by atoms with van der Waals surface area (Å²) in [6, 6.07) is 0. The van der Waals surface area contributed by atoms with Crippen molar-refractivity contribution in [3.8, 4) is 0 Å². The lowest BCUT2D eigenvalue weighted by Crippen LogP contribution is -2.23. The number of aromatic nitrogens is 2. The monoisotopic (exact) mass is 263 g/mol. The van der Waals surface area contributed by atoms with Gasteiger partial charge in [-0.15, -0.1) is 0 Å². The summed E-state index contributed by atoms with van der Waals surface area (Å²) < 4.78 is 0. The molecule has 2 rings (SSSR count). The molecule has 1 fully saturated rings. The number of hydrogen-bond acceptors (Lipinski definition) is 4. The molecule has 1 aliphatic rings. The zero-order valence-corrected chi connectivity index (χ0v) is 11.4. The van der Waals surface area contributed by atoms with E-state index in [-0.39, 0.29) is 5.69 Å². The van der Waals surface area contributed by atoms with Gasteiger partial charge in [0.15, 0.2) is 11.5 Å². The maximum atomic E-state index is 11.1. The molecule has 19 heavy (non-hydrogen) atoms. The third-order valence-corrected chi connectivity index (χ3v) is 3.82. The summed E-state index contributed by atoms with van der Waals surface area (Å²) in [4.78, 5) is 21.0. The Morgan fingerprint density at radius 3 is 2.74 bits per heavy atom. The third kappa shape index (κ3) is 3.66. The minimum Gasteiger partial charge on any atom is -0.476 e. The molecule has 0 spiro atoms. The molecule has 0 bridgehead atoms. The Balaban J connectivity index is 1.88. The van der Waals surface area contributed by atoms with Crippen molar-refractivity contribution in [2.24, 2.45) is 5.92 Å². The molecule has 104 valence electrons. The first kappa shape index (κ1) is 13.8. The SMILES string of the molecule is CN(CCCC1CCCC1)c1nccnc1C(=O)O.